The van der Waals surface area contributed by atoms with Crippen molar-refractivity contribution in [1.29, 1.82) is 0 Å². The van der Waals surface area contributed by atoms with Crippen LogP contribution in [-0.2, 0) is 4.79 Å². The summed E-state index contributed by atoms with van der Waals surface area (Å²) in [5, 5.41) is 8.45. The molecule has 3 fully saturated rings. The van der Waals surface area contributed by atoms with E-state index >= 15 is 0 Å². The average Bonchev–Trinajstić information content (AvgIpc) is 3.09. The number of nitrogens with one attached hydrogen (secondary N) is 3. The van der Waals surface area contributed by atoms with Crippen LogP contribution in [-0.4, -0.2) is 47.7 Å². The number of carbonyl (C=O) groups excluding carboxylic acids is 1. The molecule has 0 atom stereocenters. The van der Waals surface area contributed by atoms with Crippen molar-refractivity contribution < 1.29 is 13.9 Å². The van der Waals surface area contributed by atoms with Crippen LogP contribution in [0.1, 0.15) is 19.3 Å². The van der Waals surface area contributed by atoms with Gasteiger partial charge in [0.25, 0.3) is 5.91 Å². The van der Waals surface area contributed by atoms with E-state index in [2.05, 4.69) is 26.0 Å². The van der Waals surface area contributed by atoms with E-state index in [9.17, 15) is 9.18 Å². The van der Waals surface area contributed by atoms with Crippen molar-refractivity contribution in [2.45, 2.75) is 30.3 Å². The maximum Gasteiger partial charge on any atom is 0.258 e. The zero-order valence-electron chi connectivity index (χ0n) is 14.8. The van der Waals surface area contributed by atoms with Crippen LogP contribution in [0.3, 0.4) is 0 Å². The minimum atomic E-state index is -0.576. The monoisotopic (exact) mass is 404 g/mol. The summed E-state index contributed by atoms with van der Waals surface area (Å²) < 4.78 is 18.8. The predicted molar refractivity (Wildman–Crippen MR) is 101 cm³/mol. The summed E-state index contributed by atoms with van der Waals surface area (Å²) >= 11 is 5.63. The van der Waals surface area contributed by atoms with Gasteiger partial charge in [-0.25, -0.2) is 14.4 Å². The second-order valence-electron chi connectivity index (χ2n) is 7.61. The van der Waals surface area contributed by atoms with Crippen molar-refractivity contribution in [2.24, 2.45) is 9.98 Å². The van der Waals surface area contributed by atoms with Crippen LogP contribution in [0.2, 0.25) is 5.02 Å². The van der Waals surface area contributed by atoms with Gasteiger partial charge in [-0.05, 0) is 31.4 Å². The molecule has 28 heavy (non-hydrogen) atoms. The maximum atomic E-state index is 13.4. The van der Waals surface area contributed by atoms with Gasteiger partial charge in [0, 0.05) is 23.4 Å². The van der Waals surface area contributed by atoms with E-state index in [1.165, 1.54) is 18.2 Å². The fraction of sp³-hybridized carbons (Fsp3) is 0.389. The number of benzene rings is 1. The molecular formula is C18H18ClFN6O2. The highest BCUT2D eigenvalue weighted by Gasteiger charge is 2.69. The number of aliphatic imine (C=N–C) groups is 2. The third-order valence-electron chi connectivity index (χ3n) is 5.43. The summed E-state index contributed by atoms with van der Waals surface area (Å²) in [6.07, 6.45) is 5.94. The molecule has 3 aliphatic carbocycles. The first-order chi connectivity index (χ1) is 13.5. The van der Waals surface area contributed by atoms with Gasteiger partial charge in [-0.2, -0.15) is 0 Å². The Morgan fingerprint density at radius 2 is 2.14 bits per heavy atom. The molecule has 2 aliphatic heterocycles. The lowest BCUT2D eigenvalue weighted by atomic mass is 9.44. The number of carbonyl (C=O) groups is 1. The SMILES string of the molecule is O=C(COc1ccc(Cl)c(F)c1)NC12CC(NC3=C4N=CNN4CC=N3)(C1)C2. The summed E-state index contributed by atoms with van der Waals surface area (Å²) in [7, 11) is 0. The number of halogens is 2. The highest BCUT2D eigenvalue weighted by atomic mass is 35.5. The smallest absolute Gasteiger partial charge is 0.258 e. The molecule has 2 heterocycles. The largest absolute Gasteiger partial charge is 0.484 e. The standard InChI is InChI=1S/C18H18ClFN6O2/c19-12-2-1-11(5-13(12)20)28-6-14(27)24-17-7-18(8-17,9-17)25-15-16-22-10-23-26(16)4-3-21-15/h1-3,5,10,25H,4,6-9H2,(H,22,23)(H,24,27). The molecule has 1 aromatic rings. The van der Waals surface area contributed by atoms with E-state index in [1.807, 2.05) is 11.2 Å². The fourth-order valence-corrected chi connectivity index (χ4v) is 4.45. The molecule has 3 N–H and O–H groups in total. The van der Waals surface area contributed by atoms with E-state index < -0.39 is 5.82 Å². The van der Waals surface area contributed by atoms with Gasteiger partial charge in [-0.3, -0.25) is 15.2 Å². The number of amides is 1. The van der Waals surface area contributed by atoms with Crippen LogP contribution in [0, 0.1) is 5.82 Å². The number of ether oxygens (including phenoxy) is 1. The molecule has 5 aliphatic rings. The van der Waals surface area contributed by atoms with Gasteiger partial charge in [0.2, 0.25) is 0 Å². The number of hydrogen-bond donors (Lipinski definition) is 3. The molecule has 0 saturated heterocycles. The molecule has 10 heteroatoms. The Morgan fingerprint density at radius 1 is 1.32 bits per heavy atom. The Bertz CT molecular complexity index is 926. The van der Waals surface area contributed by atoms with Crippen LogP contribution < -0.4 is 20.8 Å². The van der Waals surface area contributed by atoms with Gasteiger partial charge in [-0.15, -0.1) is 0 Å². The summed E-state index contributed by atoms with van der Waals surface area (Å²) in [5.74, 6) is 1.01. The van der Waals surface area contributed by atoms with Crippen molar-refractivity contribution in [2.75, 3.05) is 13.2 Å². The molecule has 0 unspecified atom stereocenters. The van der Waals surface area contributed by atoms with E-state index in [0.29, 0.717) is 6.54 Å². The van der Waals surface area contributed by atoms with Crippen molar-refractivity contribution in [1.82, 2.24) is 21.1 Å². The Morgan fingerprint density at radius 3 is 2.93 bits per heavy atom. The van der Waals surface area contributed by atoms with Crippen molar-refractivity contribution in [3.8, 4) is 5.75 Å². The van der Waals surface area contributed by atoms with Crippen molar-refractivity contribution >= 4 is 30.1 Å². The highest BCUT2D eigenvalue weighted by Crippen LogP contribution is 2.60. The van der Waals surface area contributed by atoms with Crippen LogP contribution in [0.25, 0.3) is 0 Å². The fourth-order valence-electron chi connectivity index (χ4n) is 4.33. The van der Waals surface area contributed by atoms with Crippen molar-refractivity contribution in [3.63, 3.8) is 0 Å². The van der Waals surface area contributed by atoms with Crippen LogP contribution in [0.15, 0.2) is 39.8 Å². The molecule has 0 spiro atoms. The molecule has 0 aromatic heterocycles. The van der Waals surface area contributed by atoms with Crippen LogP contribution in [0.4, 0.5) is 4.39 Å². The average molecular weight is 405 g/mol. The number of nitrogens with zero attached hydrogens (tertiary/aromatic N) is 3. The highest BCUT2D eigenvalue weighted by molar-refractivity contribution is 6.30. The van der Waals surface area contributed by atoms with Crippen LogP contribution >= 0.6 is 11.6 Å². The normalized spacial score (nSPS) is 28.9. The van der Waals surface area contributed by atoms with Gasteiger partial charge in [0.15, 0.2) is 18.2 Å². The predicted octanol–water partition coefficient (Wildman–Crippen LogP) is 1.30. The molecule has 2 bridgehead atoms. The molecule has 1 amide bonds. The van der Waals surface area contributed by atoms with Crippen molar-refractivity contribution in [3.05, 3.63) is 40.7 Å². The first-order valence-electron chi connectivity index (χ1n) is 8.96. The van der Waals surface area contributed by atoms with E-state index in [1.54, 1.807) is 6.34 Å². The summed E-state index contributed by atoms with van der Waals surface area (Å²) in [4.78, 5) is 20.9. The zero-order chi connectivity index (χ0) is 19.4. The van der Waals surface area contributed by atoms with E-state index in [0.717, 1.165) is 30.9 Å². The lowest BCUT2D eigenvalue weighted by Crippen LogP contribution is -2.83. The molecular weight excluding hydrogens is 387 g/mol. The Balaban J connectivity index is 1.12. The number of fused-ring (bicyclic) bond motifs is 1. The molecule has 146 valence electrons. The quantitative estimate of drug-likeness (QED) is 0.665. The Hall–Kier alpha value is -2.81. The Kier molecular flexibility index (Phi) is 3.77. The second kappa shape index (κ2) is 6.10. The minimum Gasteiger partial charge on any atom is -0.484 e. The van der Waals surface area contributed by atoms with Gasteiger partial charge < -0.3 is 15.4 Å². The number of hydrazine groups is 1. The number of hydrogen-bond acceptors (Lipinski definition) is 7. The molecule has 8 nitrogen and oxygen atoms in total. The minimum absolute atomic E-state index is 0.0176. The lowest BCUT2D eigenvalue weighted by Gasteiger charge is -2.70. The third kappa shape index (κ3) is 2.86. The molecule has 0 radical (unpaired) electrons. The first kappa shape index (κ1) is 17.3. The van der Waals surface area contributed by atoms with Crippen LogP contribution in [0.5, 0.6) is 5.75 Å². The Labute approximate surface area is 165 Å². The topological polar surface area (TPSA) is 90.3 Å². The van der Waals surface area contributed by atoms with Gasteiger partial charge in [-0.1, -0.05) is 11.6 Å². The lowest BCUT2D eigenvalue weighted by molar-refractivity contribution is -0.141. The molecule has 1 aromatic carbocycles. The van der Waals surface area contributed by atoms with E-state index in [-0.39, 0.29) is 34.4 Å². The second-order valence-corrected chi connectivity index (χ2v) is 8.02. The summed E-state index contributed by atoms with van der Waals surface area (Å²) in [5.41, 5.74) is 2.80. The number of rotatable bonds is 6. The molecule has 3 saturated carbocycles. The van der Waals surface area contributed by atoms with Gasteiger partial charge in [0.1, 0.15) is 17.9 Å². The summed E-state index contributed by atoms with van der Waals surface area (Å²) in [6, 6.07) is 4.09. The first-order valence-corrected chi connectivity index (χ1v) is 9.34. The van der Waals surface area contributed by atoms with Gasteiger partial charge >= 0.3 is 0 Å². The van der Waals surface area contributed by atoms with E-state index in [4.69, 9.17) is 16.3 Å². The maximum absolute atomic E-state index is 13.4. The third-order valence-corrected chi connectivity index (χ3v) is 5.74. The molecule has 6 rings (SSSR count). The summed E-state index contributed by atoms with van der Waals surface area (Å²) in [6.45, 7) is 0.503. The van der Waals surface area contributed by atoms with Gasteiger partial charge in [0.05, 0.1) is 11.6 Å². The zero-order valence-corrected chi connectivity index (χ0v) is 15.6.